The number of aromatic nitrogens is 5. The third kappa shape index (κ3) is 4.40. The largest absolute Gasteiger partial charge is 0.343 e. The Balaban J connectivity index is 1.31. The van der Waals surface area contributed by atoms with E-state index < -0.39 is 0 Å². The molecule has 0 aromatic carbocycles. The Kier molecular flexibility index (Phi) is 5.92. The van der Waals surface area contributed by atoms with Crippen molar-refractivity contribution in [3.05, 3.63) is 47.2 Å². The minimum Gasteiger partial charge on any atom is -0.343 e. The van der Waals surface area contributed by atoms with Gasteiger partial charge in [-0.1, -0.05) is 11.2 Å². The van der Waals surface area contributed by atoms with Crippen LogP contribution in [-0.4, -0.2) is 54.6 Å². The molecule has 3 aromatic heterocycles. The number of likely N-dealkylation sites (tertiary alicyclic amines) is 1. The number of carbonyl (C=O) groups excluding carboxylic acids is 2. The molecule has 1 aliphatic heterocycles. The fraction of sp³-hybridized carbons (Fsp3) is 0.455. The minimum atomic E-state index is 0.00215. The summed E-state index contributed by atoms with van der Waals surface area (Å²) in [5.74, 6) is 1.36. The molecule has 3 aromatic rings. The number of nitrogens with zero attached hydrogens (tertiary/aromatic N) is 6. The standard InChI is InChI=1S/C22H26N6O3/c1-14-20(16(3)29)15(2)28(25-14)13-9-19(30)27-11-7-17(8-12-27)21-24-22(31-26-21)18-6-4-5-10-23-18/h4-6,10,17H,7-9,11-13H2,1-3H3. The van der Waals surface area contributed by atoms with E-state index in [1.807, 2.05) is 36.9 Å². The van der Waals surface area contributed by atoms with Crippen LogP contribution in [0.3, 0.4) is 0 Å². The van der Waals surface area contributed by atoms with Crippen molar-refractivity contribution in [3.63, 3.8) is 0 Å². The monoisotopic (exact) mass is 422 g/mol. The van der Waals surface area contributed by atoms with Crippen molar-refractivity contribution < 1.29 is 14.1 Å². The van der Waals surface area contributed by atoms with Gasteiger partial charge in [0.25, 0.3) is 5.89 Å². The number of rotatable bonds is 6. The molecule has 1 amide bonds. The average Bonchev–Trinajstić information content (AvgIpc) is 3.37. The zero-order chi connectivity index (χ0) is 22.0. The van der Waals surface area contributed by atoms with E-state index in [0.717, 1.165) is 18.5 Å². The molecule has 0 bridgehead atoms. The van der Waals surface area contributed by atoms with E-state index in [4.69, 9.17) is 4.52 Å². The fourth-order valence-electron chi connectivity index (χ4n) is 4.16. The lowest BCUT2D eigenvalue weighted by Crippen LogP contribution is -2.38. The molecule has 0 unspecified atom stereocenters. The first-order chi connectivity index (χ1) is 14.9. The van der Waals surface area contributed by atoms with Crippen LogP contribution in [0, 0.1) is 13.8 Å². The first-order valence-corrected chi connectivity index (χ1v) is 10.5. The highest BCUT2D eigenvalue weighted by atomic mass is 16.5. The maximum Gasteiger partial charge on any atom is 0.276 e. The maximum atomic E-state index is 12.7. The number of Topliss-reactive ketones (excluding diaryl/α,β-unsaturated/α-hetero) is 1. The van der Waals surface area contributed by atoms with Crippen molar-refractivity contribution in [2.45, 2.75) is 52.5 Å². The van der Waals surface area contributed by atoms with Gasteiger partial charge < -0.3 is 9.42 Å². The Bertz CT molecular complexity index is 1080. The van der Waals surface area contributed by atoms with Crippen LogP contribution in [0.15, 0.2) is 28.9 Å². The molecular formula is C22H26N6O3. The van der Waals surface area contributed by atoms with Crippen LogP contribution in [0.5, 0.6) is 0 Å². The van der Waals surface area contributed by atoms with Crippen molar-refractivity contribution in [2.24, 2.45) is 0 Å². The second-order valence-corrected chi connectivity index (χ2v) is 7.90. The van der Waals surface area contributed by atoms with Gasteiger partial charge in [-0.25, -0.2) is 0 Å². The highest BCUT2D eigenvalue weighted by Gasteiger charge is 2.27. The van der Waals surface area contributed by atoms with Crippen LogP contribution in [0.2, 0.25) is 0 Å². The van der Waals surface area contributed by atoms with Crippen molar-refractivity contribution in [3.8, 4) is 11.6 Å². The van der Waals surface area contributed by atoms with Gasteiger partial charge in [-0.3, -0.25) is 19.3 Å². The molecule has 0 aliphatic carbocycles. The first kappa shape index (κ1) is 20.9. The van der Waals surface area contributed by atoms with E-state index in [1.54, 1.807) is 17.8 Å². The number of ketones is 1. The van der Waals surface area contributed by atoms with Crippen molar-refractivity contribution in [1.82, 2.24) is 29.8 Å². The molecule has 1 fully saturated rings. The van der Waals surface area contributed by atoms with E-state index >= 15 is 0 Å². The highest BCUT2D eigenvalue weighted by molar-refractivity contribution is 5.96. The van der Waals surface area contributed by atoms with Gasteiger partial charge in [-0.2, -0.15) is 10.1 Å². The summed E-state index contributed by atoms with van der Waals surface area (Å²) in [4.78, 5) is 35.1. The predicted molar refractivity (Wildman–Crippen MR) is 112 cm³/mol. The van der Waals surface area contributed by atoms with E-state index in [2.05, 4.69) is 20.2 Å². The predicted octanol–water partition coefficient (Wildman–Crippen LogP) is 2.94. The Labute approximate surface area is 180 Å². The van der Waals surface area contributed by atoms with Crippen LogP contribution in [0.4, 0.5) is 0 Å². The average molecular weight is 422 g/mol. The summed E-state index contributed by atoms with van der Waals surface area (Å²) >= 11 is 0. The summed E-state index contributed by atoms with van der Waals surface area (Å²) in [7, 11) is 0. The molecule has 1 aliphatic rings. The Morgan fingerprint density at radius 1 is 1.19 bits per heavy atom. The van der Waals surface area contributed by atoms with Crippen LogP contribution < -0.4 is 0 Å². The summed E-state index contributed by atoms with van der Waals surface area (Å²) in [6, 6.07) is 5.55. The Morgan fingerprint density at radius 3 is 2.61 bits per heavy atom. The molecule has 4 heterocycles. The summed E-state index contributed by atoms with van der Waals surface area (Å²) in [6.07, 6.45) is 3.63. The van der Waals surface area contributed by atoms with Gasteiger partial charge in [0, 0.05) is 43.9 Å². The maximum absolute atomic E-state index is 12.7. The van der Waals surface area contributed by atoms with Crippen molar-refractivity contribution >= 4 is 11.7 Å². The third-order valence-electron chi connectivity index (χ3n) is 5.81. The number of hydrogen-bond donors (Lipinski definition) is 0. The van der Waals surface area contributed by atoms with Crippen molar-refractivity contribution in [2.75, 3.05) is 13.1 Å². The molecule has 31 heavy (non-hydrogen) atoms. The molecule has 0 spiro atoms. The summed E-state index contributed by atoms with van der Waals surface area (Å²) in [5.41, 5.74) is 2.84. The zero-order valence-corrected chi connectivity index (χ0v) is 18.0. The summed E-state index contributed by atoms with van der Waals surface area (Å²) in [6.45, 7) is 7.02. The second kappa shape index (κ2) is 8.79. The highest BCUT2D eigenvalue weighted by Crippen LogP contribution is 2.28. The molecule has 0 atom stereocenters. The number of carbonyl (C=O) groups is 2. The molecule has 1 saturated heterocycles. The van der Waals surface area contributed by atoms with E-state index in [-0.39, 0.29) is 17.6 Å². The summed E-state index contributed by atoms with van der Waals surface area (Å²) < 4.78 is 7.13. The smallest absolute Gasteiger partial charge is 0.276 e. The van der Waals surface area contributed by atoms with Crippen LogP contribution in [0.25, 0.3) is 11.6 Å². The topological polar surface area (TPSA) is 107 Å². The van der Waals surface area contributed by atoms with Crippen LogP contribution in [-0.2, 0) is 11.3 Å². The van der Waals surface area contributed by atoms with Gasteiger partial charge in [-0.05, 0) is 45.7 Å². The molecule has 0 saturated carbocycles. The quantitative estimate of drug-likeness (QED) is 0.562. The van der Waals surface area contributed by atoms with Gasteiger partial charge in [0.2, 0.25) is 5.91 Å². The molecule has 0 radical (unpaired) electrons. The number of aryl methyl sites for hydroxylation is 2. The van der Waals surface area contributed by atoms with Crippen molar-refractivity contribution in [1.29, 1.82) is 0 Å². The Morgan fingerprint density at radius 2 is 1.97 bits per heavy atom. The number of piperidine rings is 1. The van der Waals surface area contributed by atoms with Gasteiger partial charge in [0.05, 0.1) is 11.3 Å². The number of hydrogen-bond acceptors (Lipinski definition) is 7. The molecule has 4 rings (SSSR count). The summed E-state index contributed by atoms with van der Waals surface area (Å²) in [5, 5.41) is 8.55. The van der Waals surface area contributed by atoms with Crippen LogP contribution in [0.1, 0.15) is 59.7 Å². The lowest BCUT2D eigenvalue weighted by atomic mass is 9.96. The molecular weight excluding hydrogens is 396 g/mol. The van der Waals surface area contributed by atoms with E-state index in [9.17, 15) is 9.59 Å². The van der Waals surface area contributed by atoms with Gasteiger partial charge in [0.1, 0.15) is 5.69 Å². The first-order valence-electron chi connectivity index (χ1n) is 10.5. The SMILES string of the molecule is CC(=O)c1c(C)nn(CCC(=O)N2CCC(c3noc(-c4ccccn4)n3)CC2)c1C. The number of pyridine rings is 1. The third-order valence-corrected chi connectivity index (χ3v) is 5.81. The van der Waals surface area contributed by atoms with Gasteiger partial charge >= 0.3 is 0 Å². The lowest BCUT2D eigenvalue weighted by molar-refractivity contribution is -0.132. The van der Waals surface area contributed by atoms with Crippen LogP contribution >= 0.6 is 0 Å². The minimum absolute atomic E-state index is 0.00215. The normalized spacial score (nSPS) is 14.7. The molecule has 9 nitrogen and oxygen atoms in total. The molecule has 0 N–H and O–H groups in total. The van der Waals surface area contributed by atoms with Gasteiger partial charge in [-0.15, -0.1) is 0 Å². The second-order valence-electron chi connectivity index (χ2n) is 7.90. The number of amides is 1. The van der Waals surface area contributed by atoms with Gasteiger partial charge in [0.15, 0.2) is 11.6 Å². The van der Waals surface area contributed by atoms with E-state index in [1.165, 1.54) is 0 Å². The lowest BCUT2D eigenvalue weighted by Gasteiger charge is -2.30. The van der Waals surface area contributed by atoms with E-state index in [0.29, 0.717) is 54.7 Å². The Hall–Kier alpha value is -3.36. The zero-order valence-electron chi connectivity index (χ0n) is 18.0. The molecule has 162 valence electrons. The molecule has 9 heteroatoms. The fourth-order valence-corrected chi connectivity index (χ4v) is 4.16.